The van der Waals surface area contributed by atoms with Crippen LogP contribution in [0.25, 0.3) is 0 Å². The molecular formula is C17H18Cl2N2O3S. The SMILES string of the molecule is CCc1ccccc1NC(=O)CN(c1cccc(Cl)c1Cl)S(C)(=O)=O. The van der Waals surface area contributed by atoms with Crippen LogP contribution >= 0.6 is 23.2 Å². The van der Waals surface area contributed by atoms with E-state index < -0.39 is 22.5 Å². The predicted molar refractivity (Wildman–Crippen MR) is 103 cm³/mol. The quantitative estimate of drug-likeness (QED) is 0.797. The summed E-state index contributed by atoms with van der Waals surface area (Å²) in [6, 6.07) is 12.0. The number of benzene rings is 2. The standard InChI is InChI=1S/C17H18Cl2N2O3S/c1-3-12-7-4-5-9-14(12)20-16(22)11-21(25(2,23)24)15-10-6-8-13(18)17(15)19/h4-10H,3,11H2,1-2H3,(H,20,22). The van der Waals surface area contributed by atoms with Crippen LogP contribution < -0.4 is 9.62 Å². The maximum atomic E-state index is 12.4. The minimum Gasteiger partial charge on any atom is -0.324 e. The summed E-state index contributed by atoms with van der Waals surface area (Å²) in [6.07, 6.45) is 1.75. The van der Waals surface area contributed by atoms with Crippen LogP contribution in [0.3, 0.4) is 0 Å². The Morgan fingerprint density at radius 1 is 1.12 bits per heavy atom. The summed E-state index contributed by atoms with van der Waals surface area (Å²) in [4.78, 5) is 12.4. The van der Waals surface area contributed by atoms with Crippen molar-refractivity contribution in [2.24, 2.45) is 0 Å². The monoisotopic (exact) mass is 400 g/mol. The fraction of sp³-hybridized carbons (Fsp3) is 0.235. The summed E-state index contributed by atoms with van der Waals surface area (Å²) in [5.74, 6) is -0.470. The molecule has 0 aliphatic carbocycles. The Kier molecular flexibility index (Phi) is 6.32. The second kappa shape index (κ2) is 8.08. The molecule has 0 fully saturated rings. The van der Waals surface area contributed by atoms with E-state index in [1.54, 1.807) is 24.3 Å². The molecule has 0 saturated heterocycles. The van der Waals surface area contributed by atoms with E-state index in [9.17, 15) is 13.2 Å². The minimum atomic E-state index is -3.73. The third-order valence-corrected chi connectivity index (χ3v) is 5.50. The highest BCUT2D eigenvalue weighted by atomic mass is 35.5. The van der Waals surface area contributed by atoms with E-state index in [1.807, 2.05) is 19.1 Å². The molecule has 2 aromatic carbocycles. The first-order valence-corrected chi connectivity index (χ1v) is 10.1. The van der Waals surface area contributed by atoms with E-state index in [2.05, 4.69) is 5.32 Å². The van der Waals surface area contributed by atoms with Gasteiger partial charge < -0.3 is 5.32 Å². The zero-order chi connectivity index (χ0) is 18.6. The molecule has 1 amide bonds. The van der Waals surface area contributed by atoms with Gasteiger partial charge in [-0.25, -0.2) is 8.42 Å². The molecule has 0 radical (unpaired) electrons. The lowest BCUT2D eigenvalue weighted by molar-refractivity contribution is -0.114. The van der Waals surface area contributed by atoms with Crippen molar-refractivity contribution in [2.75, 3.05) is 22.4 Å². The molecule has 0 atom stereocenters. The Morgan fingerprint density at radius 3 is 2.44 bits per heavy atom. The number of halogens is 2. The number of anilines is 2. The van der Waals surface area contributed by atoms with Gasteiger partial charge in [0.15, 0.2) is 0 Å². The summed E-state index contributed by atoms with van der Waals surface area (Å²) in [5, 5.41) is 3.04. The molecule has 0 aromatic heterocycles. The van der Waals surface area contributed by atoms with Gasteiger partial charge in [0.2, 0.25) is 15.9 Å². The number of nitrogens with one attached hydrogen (secondary N) is 1. The largest absolute Gasteiger partial charge is 0.324 e. The number of nitrogens with zero attached hydrogens (tertiary/aromatic N) is 1. The van der Waals surface area contributed by atoms with Gasteiger partial charge in [-0.2, -0.15) is 0 Å². The molecule has 1 N–H and O–H groups in total. The number of carbonyl (C=O) groups is 1. The zero-order valence-electron chi connectivity index (χ0n) is 13.8. The molecule has 0 spiro atoms. The van der Waals surface area contributed by atoms with Crippen LogP contribution in [0.1, 0.15) is 12.5 Å². The second-order valence-electron chi connectivity index (χ2n) is 5.40. The number of hydrogen-bond acceptors (Lipinski definition) is 3. The number of para-hydroxylation sites is 1. The molecule has 0 saturated carbocycles. The first-order valence-electron chi connectivity index (χ1n) is 7.53. The van der Waals surface area contributed by atoms with E-state index in [0.29, 0.717) is 5.69 Å². The van der Waals surface area contributed by atoms with E-state index in [1.165, 1.54) is 6.07 Å². The molecule has 8 heteroatoms. The van der Waals surface area contributed by atoms with Crippen molar-refractivity contribution in [1.29, 1.82) is 0 Å². The maximum absolute atomic E-state index is 12.4. The molecule has 134 valence electrons. The lowest BCUT2D eigenvalue weighted by Crippen LogP contribution is -2.37. The highest BCUT2D eigenvalue weighted by molar-refractivity contribution is 7.92. The summed E-state index contributed by atoms with van der Waals surface area (Å²) in [6.45, 7) is 1.57. The van der Waals surface area contributed by atoms with Crippen molar-refractivity contribution in [2.45, 2.75) is 13.3 Å². The number of hydrogen-bond donors (Lipinski definition) is 1. The number of aryl methyl sites for hydroxylation is 1. The van der Waals surface area contributed by atoms with Crippen LogP contribution in [0.4, 0.5) is 11.4 Å². The van der Waals surface area contributed by atoms with Crippen molar-refractivity contribution in [1.82, 2.24) is 0 Å². The highest BCUT2D eigenvalue weighted by Crippen LogP contribution is 2.33. The van der Waals surface area contributed by atoms with Gasteiger partial charge in [-0.3, -0.25) is 9.10 Å². The van der Waals surface area contributed by atoms with Crippen LogP contribution in [-0.4, -0.2) is 27.1 Å². The van der Waals surface area contributed by atoms with Gasteiger partial charge in [0.05, 0.1) is 22.0 Å². The summed E-state index contributed by atoms with van der Waals surface area (Å²) < 4.78 is 25.2. The maximum Gasteiger partial charge on any atom is 0.245 e. The van der Waals surface area contributed by atoms with Gasteiger partial charge in [0.1, 0.15) is 6.54 Å². The van der Waals surface area contributed by atoms with Gasteiger partial charge >= 0.3 is 0 Å². The Morgan fingerprint density at radius 2 is 1.80 bits per heavy atom. The molecule has 0 bridgehead atoms. The number of carbonyl (C=O) groups excluding carboxylic acids is 1. The molecule has 0 aliphatic heterocycles. The fourth-order valence-corrected chi connectivity index (χ4v) is 3.65. The third kappa shape index (κ3) is 4.87. The van der Waals surface area contributed by atoms with Gasteiger partial charge in [0.25, 0.3) is 0 Å². The van der Waals surface area contributed by atoms with Crippen LogP contribution in [0.5, 0.6) is 0 Å². The van der Waals surface area contributed by atoms with Crippen LogP contribution in [-0.2, 0) is 21.2 Å². The van der Waals surface area contributed by atoms with Crippen molar-refractivity contribution in [3.05, 3.63) is 58.1 Å². The normalized spacial score (nSPS) is 11.2. The first kappa shape index (κ1) is 19.6. The molecule has 25 heavy (non-hydrogen) atoms. The Labute approximate surface area is 157 Å². The zero-order valence-corrected chi connectivity index (χ0v) is 16.1. The molecule has 2 rings (SSSR count). The fourth-order valence-electron chi connectivity index (χ4n) is 2.34. The second-order valence-corrected chi connectivity index (χ2v) is 8.09. The van der Waals surface area contributed by atoms with Gasteiger partial charge in [-0.1, -0.05) is 54.4 Å². The van der Waals surface area contributed by atoms with Crippen molar-refractivity contribution >= 4 is 50.5 Å². The molecule has 2 aromatic rings. The summed E-state index contributed by atoms with van der Waals surface area (Å²) in [7, 11) is -3.73. The van der Waals surface area contributed by atoms with E-state index >= 15 is 0 Å². The lowest BCUT2D eigenvalue weighted by atomic mass is 10.1. The first-order chi connectivity index (χ1) is 11.7. The van der Waals surface area contributed by atoms with Crippen LogP contribution in [0.15, 0.2) is 42.5 Å². The smallest absolute Gasteiger partial charge is 0.245 e. The average Bonchev–Trinajstić information content (AvgIpc) is 2.55. The van der Waals surface area contributed by atoms with Crippen molar-refractivity contribution in [3.8, 4) is 0 Å². The van der Waals surface area contributed by atoms with Crippen LogP contribution in [0, 0.1) is 0 Å². The van der Waals surface area contributed by atoms with Gasteiger partial charge in [0, 0.05) is 5.69 Å². The van der Waals surface area contributed by atoms with Crippen LogP contribution in [0.2, 0.25) is 10.0 Å². The predicted octanol–water partition coefficient (Wildman–Crippen LogP) is 3.96. The van der Waals surface area contributed by atoms with E-state index in [0.717, 1.165) is 22.5 Å². The van der Waals surface area contributed by atoms with E-state index in [4.69, 9.17) is 23.2 Å². The molecule has 5 nitrogen and oxygen atoms in total. The average molecular weight is 401 g/mol. The van der Waals surface area contributed by atoms with E-state index in [-0.39, 0.29) is 15.7 Å². The Bertz CT molecular complexity index is 885. The molecule has 0 heterocycles. The molecule has 0 unspecified atom stereocenters. The molecule has 0 aliphatic rings. The number of sulfonamides is 1. The Balaban J connectivity index is 2.29. The summed E-state index contributed by atoms with van der Waals surface area (Å²) >= 11 is 12.1. The van der Waals surface area contributed by atoms with Gasteiger partial charge in [-0.05, 0) is 30.2 Å². The lowest BCUT2D eigenvalue weighted by Gasteiger charge is -2.23. The highest BCUT2D eigenvalue weighted by Gasteiger charge is 2.24. The third-order valence-electron chi connectivity index (χ3n) is 3.56. The Hall–Kier alpha value is -1.76. The molecular weight excluding hydrogens is 383 g/mol. The topological polar surface area (TPSA) is 66.5 Å². The van der Waals surface area contributed by atoms with Crippen molar-refractivity contribution in [3.63, 3.8) is 0 Å². The van der Waals surface area contributed by atoms with Gasteiger partial charge in [-0.15, -0.1) is 0 Å². The van der Waals surface area contributed by atoms with Crippen molar-refractivity contribution < 1.29 is 13.2 Å². The number of amides is 1. The number of rotatable bonds is 6. The minimum absolute atomic E-state index is 0.0800. The summed E-state index contributed by atoms with van der Waals surface area (Å²) in [5.41, 5.74) is 1.78.